The van der Waals surface area contributed by atoms with Crippen LogP contribution in [0, 0.1) is 5.92 Å². The van der Waals surface area contributed by atoms with Crippen LogP contribution < -0.4 is 0 Å². The van der Waals surface area contributed by atoms with Gasteiger partial charge in [-0.3, -0.25) is 9.59 Å². The zero-order valence-electron chi connectivity index (χ0n) is 19.0. The van der Waals surface area contributed by atoms with E-state index in [4.69, 9.17) is 9.47 Å². The standard InChI is InChI=1S/C26H31NO5/c1-26(2,3)32-23(28)17-21(15-14-19-10-6-4-7-11-19)24(29)27-22(18-31-25(27)30)16-20-12-8-5-9-13-20/h4-13,21-22H,14-18H2,1-3H3. The van der Waals surface area contributed by atoms with Crippen molar-refractivity contribution in [3.05, 3.63) is 71.8 Å². The molecule has 1 saturated heterocycles. The van der Waals surface area contributed by atoms with Crippen LogP contribution in [0.5, 0.6) is 0 Å². The van der Waals surface area contributed by atoms with E-state index in [2.05, 4.69) is 0 Å². The highest BCUT2D eigenvalue weighted by molar-refractivity contribution is 5.96. The lowest BCUT2D eigenvalue weighted by molar-refractivity contribution is -0.158. The van der Waals surface area contributed by atoms with E-state index in [1.807, 2.05) is 60.7 Å². The van der Waals surface area contributed by atoms with E-state index < -0.39 is 29.6 Å². The molecule has 2 atom stereocenters. The molecule has 0 N–H and O–H groups in total. The Morgan fingerprint density at radius 1 is 1.03 bits per heavy atom. The lowest BCUT2D eigenvalue weighted by atomic mass is 9.94. The van der Waals surface area contributed by atoms with Crippen molar-refractivity contribution in [3.63, 3.8) is 0 Å². The van der Waals surface area contributed by atoms with E-state index in [0.717, 1.165) is 11.1 Å². The summed E-state index contributed by atoms with van der Waals surface area (Å²) in [6.07, 6.45) is 0.835. The van der Waals surface area contributed by atoms with Gasteiger partial charge in [-0.15, -0.1) is 0 Å². The van der Waals surface area contributed by atoms with Crippen molar-refractivity contribution in [2.45, 2.75) is 58.1 Å². The van der Waals surface area contributed by atoms with Gasteiger partial charge in [0.15, 0.2) is 0 Å². The predicted molar refractivity (Wildman–Crippen MR) is 121 cm³/mol. The van der Waals surface area contributed by atoms with E-state index in [1.165, 1.54) is 4.90 Å². The number of imide groups is 1. The summed E-state index contributed by atoms with van der Waals surface area (Å²) in [4.78, 5) is 39.7. The molecule has 2 amide bonds. The van der Waals surface area contributed by atoms with Crippen LogP contribution in [-0.4, -0.2) is 41.1 Å². The molecule has 6 nitrogen and oxygen atoms in total. The number of benzene rings is 2. The minimum atomic E-state index is -0.672. The van der Waals surface area contributed by atoms with Crippen molar-refractivity contribution in [2.75, 3.05) is 6.61 Å². The van der Waals surface area contributed by atoms with Crippen LogP contribution in [0.15, 0.2) is 60.7 Å². The molecule has 0 spiro atoms. The van der Waals surface area contributed by atoms with Gasteiger partial charge in [0, 0.05) is 5.92 Å². The number of cyclic esters (lactones) is 1. The highest BCUT2D eigenvalue weighted by atomic mass is 16.6. The van der Waals surface area contributed by atoms with E-state index in [-0.39, 0.29) is 18.9 Å². The Kier molecular flexibility index (Phi) is 7.67. The number of ether oxygens (including phenoxy) is 2. The summed E-state index contributed by atoms with van der Waals surface area (Å²) < 4.78 is 10.7. The van der Waals surface area contributed by atoms with Crippen molar-refractivity contribution in [2.24, 2.45) is 5.92 Å². The Morgan fingerprint density at radius 2 is 1.62 bits per heavy atom. The largest absolute Gasteiger partial charge is 0.460 e. The van der Waals surface area contributed by atoms with Gasteiger partial charge in [0.05, 0.1) is 12.5 Å². The van der Waals surface area contributed by atoms with Gasteiger partial charge in [0.2, 0.25) is 5.91 Å². The summed E-state index contributed by atoms with van der Waals surface area (Å²) in [5.74, 6) is -1.50. The number of aryl methyl sites for hydroxylation is 1. The normalized spacial score (nSPS) is 17.0. The molecule has 0 aliphatic carbocycles. The fourth-order valence-electron chi connectivity index (χ4n) is 3.85. The van der Waals surface area contributed by atoms with Crippen LogP contribution in [0.3, 0.4) is 0 Å². The third-order valence-electron chi connectivity index (χ3n) is 5.32. The zero-order valence-corrected chi connectivity index (χ0v) is 19.0. The smallest absolute Gasteiger partial charge is 0.416 e. The average molecular weight is 438 g/mol. The van der Waals surface area contributed by atoms with Crippen molar-refractivity contribution in [3.8, 4) is 0 Å². The number of carbonyl (C=O) groups is 3. The van der Waals surface area contributed by atoms with Gasteiger partial charge >= 0.3 is 12.1 Å². The molecule has 2 aromatic rings. The van der Waals surface area contributed by atoms with Crippen LogP contribution in [0.25, 0.3) is 0 Å². The number of amides is 2. The molecule has 2 aromatic carbocycles. The van der Waals surface area contributed by atoms with Gasteiger partial charge in [-0.25, -0.2) is 9.69 Å². The summed E-state index contributed by atoms with van der Waals surface area (Å²) in [7, 11) is 0. The molecule has 3 rings (SSSR count). The summed E-state index contributed by atoms with van der Waals surface area (Å²) >= 11 is 0. The Hall–Kier alpha value is -3.15. The number of hydrogen-bond acceptors (Lipinski definition) is 5. The van der Waals surface area contributed by atoms with Crippen molar-refractivity contribution in [1.82, 2.24) is 4.90 Å². The summed E-state index contributed by atoms with van der Waals surface area (Å²) in [5.41, 5.74) is 1.44. The quantitative estimate of drug-likeness (QED) is 0.566. The first-order valence-corrected chi connectivity index (χ1v) is 11.0. The van der Waals surface area contributed by atoms with Crippen LogP contribution >= 0.6 is 0 Å². The second-order valence-corrected chi connectivity index (χ2v) is 9.14. The topological polar surface area (TPSA) is 72.9 Å². The fraction of sp³-hybridized carbons (Fsp3) is 0.423. The monoisotopic (exact) mass is 437 g/mol. The van der Waals surface area contributed by atoms with Crippen LogP contribution in [-0.2, 0) is 31.9 Å². The molecule has 170 valence electrons. The molecule has 1 aliphatic heterocycles. The maximum atomic E-state index is 13.5. The van der Waals surface area contributed by atoms with Gasteiger partial charge in [-0.1, -0.05) is 60.7 Å². The molecule has 1 fully saturated rings. The Balaban J connectivity index is 1.76. The lowest BCUT2D eigenvalue weighted by Gasteiger charge is -2.26. The number of rotatable bonds is 8. The molecule has 32 heavy (non-hydrogen) atoms. The maximum absolute atomic E-state index is 13.5. The van der Waals surface area contributed by atoms with E-state index in [1.54, 1.807) is 20.8 Å². The van der Waals surface area contributed by atoms with Crippen molar-refractivity contribution >= 4 is 18.0 Å². The molecule has 2 unspecified atom stereocenters. The lowest BCUT2D eigenvalue weighted by Crippen LogP contribution is -2.44. The zero-order chi connectivity index (χ0) is 23.1. The number of nitrogens with zero attached hydrogens (tertiary/aromatic N) is 1. The molecule has 1 heterocycles. The minimum Gasteiger partial charge on any atom is -0.460 e. The van der Waals surface area contributed by atoms with Crippen molar-refractivity contribution in [1.29, 1.82) is 0 Å². The summed E-state index contributed by atoms with van der Waals surface area (Å²) in [6, 6.07) is 19.1. The first-order chi connectivity index (χ1) is 15.2. The SMILES string of the molecule is CC(C)(C)OC(=O)CC(CCc1ccccc1)C(=O)N1C(=O)OCC1Cc1ccccc1. The molecular weight excluding hydrogens is 406 g/mol. The van der Waals surface area contributed by atoms with E-state index in [9.17, 15) is 14.4 Å². The molecule has 0 radical (unpaired) electrons. The highest BCUT2D eigenvalue weighted by Gasteiger charge is 2.41. The molecular formula is C26H31NO5. The average Bonchev–Trinajstić information content (AvgIpc) is 3.10. The van der Waals surface area contributed by atoms with Gasteiger partial charge in [-0.2, -0.15) is 0 Å². The summed E-state index contributed by atoms with van der Waals surface area (Å²) in [5, 5.41) is 0. The highest BCUT2D eigenvalue weighted by Crippen LogP contribution is 2.25. The minimum absolute atomic E-state index is 0.0786. The first kappa shape index (κ1) is 23.5. The Bertz CT molecular complexity index is 920. The number of hydrogen-bond donors (Lipinski definition) is 0. The van der Waals surface area contributed by atoms with E-state index in [0.29, 0.717) is 19.3 Å². The Morgan fingerprint density at radius 3 is 2.22 bits per heavy atom. The first-order valence-electron chi connectivity index (χ1n) is 11.0. The fourth-order valence-corrected chi connectivity index (χ4v) is 3.85. The van der Waals surface area contributed by atoms with Gasteiger partial charge in [-0.05, 0) is 51.2 Å². The predicted octanol–water partition coefficient (Wildman–Crippen LogP) is 4.56. The van der Waals surface area contributed by atoms with Gasteiger partial charge < -0.3 is 9.47 Å². The third kappa shape index (κ3) is 6.67. The number of carbonyl (C=O) groups excluding carboxylic acids is 3. The van der Waals surface area contributed by atoms with Crippen molar-refractivity contribution < 1.29 is 23.9 Å². The number of esters is 1. The van der Waals surface area contributed by atoms with Crippen LogP contribution in [0.2, 0.25) is 0 Å². The Labute approximate surface area is 189 Å². The van der Waals surface area contributed by atoms with Crippen LogP contribution in [0.1, 0.15) is 44.7 Å². The van der Waals surface area contributed by atoms with Gasteiger partial charge in [0.1, 0.15) is 12.2 Å². The molecule has 0 bridgehead atoms. The second kappa shape index (κ2) is 10.4. The maximum Gasteiger partial charge on any atom is 0.416 e. The molecule has 6 heteroatoms. The second-order valence-electron chi connectivity index (χ2n) is 9.14. The molecule has 0 aromatic heterocycles. The summed E-state index contributed by atoms with van der Waals surface area (Å²) in [6.45, 7) is 5.52. The van der Waals surface area contributed by atoms with E-state index >= 15 is 0 Å². The third-order valence-corrected chi connectivity index (χ3v) is 5.32. The molecule has 0 saturated carbocycles. The van der Waals surface area contributed by atoms with Gasteiger partial charge in [0.25, 0.3) is 0 Å². The molecule has 1 aliphatic rings. The van der Waals surface area contributed by atoms with Crippen LogP contribution in [0.4, 0.5) is 4.79 Å².